The van der Waals surface area contributed by atoms with Crippen LogP contribution in [-0.2, 0) is 9.53 Å². The zero-order valence-electron chi connectivity index (χ0n) is 10.1. The average molecular weight is 230 g/mol. The highest BCUT2D eigenvalue weighted by atomic mass is 16.5. The van der Waals surface area contributed by atoms with E-state index in [0.717, 1.165) is 6.42 Å². The van der Waals surface area contributed by atoms with E-state index in [0.29, 0.717) is 26.1 Å². The van der Waals surface area contributed by atoms with E-state index in [9.17, 15) is 4.79 Å². The van der Waals surface area contributed by atoms with Crippen LogP contribution < -0.4 is 5.73 Å². The van der Waals surface area contributed by atoms with Crippen molar-refractivity contribution in [2.45, 2.75) is 44.9 Å². The van der Waals surface area contributed by atoms with Crippen molar-refractivity contribution in [1.82, 2.24) is 4.90 Å². The van der Waals surface area contributed by atoms with Gasteiger partial charge in [0.05, 0.1) is 12.7 Å². The molecule has 0 saturated carbocycles. The van der Waals surface area contributed by atoms with Gasteiger partial charge in [-0.25, -0.2) is 0 Å². The smallest absolute Gasteiger partial charge is 0.320 e. The van der Waals surface area contributed by atoms with Gasteiger partial charge in [-0.15, -0.1) is 0 Å². The highest BCUT2D eigenvalue weighted by molar-refractivity contribution is 5.73. The SMILES string of the molecule is CCCC(C(=O)O)N1CCOC(C(C)N)C1. The minimum atomic E-state index is -0.743. The van der Waals surface area contributed by atoms with Gasteiger partial charge >= 0.3 is 5.97 Å². The molecule has 0 spiro atoms. The van der Waals surface area contributed by atoms with Crippen LogP contribution in [0.1, 0.15) is 26.7 Å². The summed E-state index contributed by atoms with van der Waals surface area (Å²) in [5.41, 5.74) is 5.78. The van der Waals surface area contributed by atoms with E-state index in [1.54, 1.807) is 0 Å². The minimum absolute atomic E-state index is 0.0487. The lowest BCUT2D eigenvalue weighted by molar-refractivity contribution is -0.147. The Morgan fingerprint density at radius 3 is 2.88 bits per heavy atom. The fourth-order valence-electron chi connectivity index (χ4n) is 2.03. The van der Waals surface area contributed by atoms with Crippen molar-refractivity contribution >= 4 is 5.97 Å². The van der Waals surface area contributed by atoms with Gasteiger partial charge in [0.2, 0.25) is 0 Å². The average Bonchev–Trinajstić information content (AvgIpc) is 2.25. The molecule has 0 aromatic heterocycles. The summed E-state index contributed by atoms with van der Waals surface area (Å²) in [6, 6.07) is -0.450. The summed E-state index contributed by atoms with van der Waals surface area (Å²) in [7, 11) is 0. The first kappa shape index (κ1) is 13.4. The third kappa shape index (κ3) is 3.43. The van der Waals surface area contributed by atoms with Crippen LogP contribution in [0.3, 0.4) is 0 Å². The van der Waals surface area contributed by atoms with Gasteiger partial charge in [0.25, 0.3) is 0 Å². The molecule has 3 unspecified atom stereocenters. The van der Waals surface area contributed by atoms with Gasteiger partial charge in [-0.3, -0.25) is 9.69 Å². The van der Waals surface area contributed by atoms with Crippen LogP contribution in [0.5, 0.6) is 0 Å². The van der Waals surface area contributed by atoms with E-state index < -0.39 is 12.0 Å². The van der Waals surface area contributed by atoms with E-state index in [1.807, 2.05) is 18.7 Å². The van der Waals surface area contributed by atoms with E-state index in [1.165, 1.54) is 0 Å². The van der Waals surface area contributed by atoms with Crippen molar-refractivity contribution in [3.63, 3.8) is 0 Å². The fourth-order valence-corrected chi connectivity index (χ4v) is 2.03. The molecule has 1 aliphatic rings. The first-order chi connectivity index (χ1) is 7.56. The van der Waals surface area contributed by atoms with Gasteiger partial charge in [-0.05, 0) is 13.3 Å². The molecule has 0 radical (unpaired) electrons. The van der Waals surface area contributed by atoms with Crippen LogP contribution >= 0.6 is 0 Å². The lowest BCUT2D eigenvalue weighted by atomic mass is 10.1. The second kappa shape index (κ2) is 6.18. The Hall–Kier alpha value is -0.650. The van der Waals surface area contributed by atoms with E-state index in [2.05, 4.69) is 0 Å². The predicted molar refractivity (Wildman–Crippen MR) is 61.3 cm³/mol. The maximum Gasteiger partial charge on any atom is 0.320 e. The summed E-state index contributed by atoms with van der Waals surface area (Å²) in [6.45, 7) is 5.76. The monoisotopic (exact) mass is 230 g/mol. The van der Waals surface area contributed by atoms with E-state index in [-0.39, 0.29) is 12.1 Å². The highest BCUT2D eigenvalue weighted by Gasteiger charge is 2.31. The van der Waals surface area contributed by atoms with Crippen LogP contribution in [0.25, 0.3) is 0 Å². The van der Waals surface area contributed by atoms with Gasteiger partial charge in [0.15, 0.2) is 0 Å². The molecule has 1 rings (SSSR count). The van der Waals surface area contributed by atoms with Gasteiger partial charge in [-0.2, -0.15) is 0 Å². The highest BCUT2D eigenvalue weighted by Crippen LogP contribution is 2.14. The number of carbonyl (C=O) groups is 1. The van der Waals surface area contributed by atoms with Crippen LogP contribution in [0, 0.1) is 0 Å². The van der Waals surface area contributed by atoms with Crippen molar-refractivity contribution in [1.29, 1.82) is 0 Å². The van der Waals surface area contributed by atoms with E-state index in [4.69, 9.17) is 15.6 Å². The second-order valence-corrected chi connectivity index (χ2v) is 4.41. The molecule has 3 atom stereocenters. The summed E-state index contributed by atoms with van der Waals surface area (Å²) in [5, 5.41) is 9.17. The second-order valence-electron chi connectivity index (χ2n) is 4.41. The topological polar surface area (TPSA) is 75.8 Å². The summed E-state index contributed by atoms with van der Waals surface area (Å²) in [6.07, 6.45) is 1.51. The molecule has 16 heavy (non-hydrogen) atoms. The van der Waals surface area contributed by atoms with Crippen molar-refractivity contribution in [3.05, 3.63) is 0 Å². The van der Waals surface area contributed by atoms with Crippen LogP contribution in [-0.4, -0.2) is 53.9 Å². The molecular weight excluding hydrogens is 208 g/mol. The maximum absolute atomic E-state index is 11.2. The van der Waals surface area contributed by atoms with Crippen molar-refractivity contribution < 1.29 is 14.6 Å². The summed E-state index contributed by atoms with van der Waals surface area (Å²) >= 11 is 0. The Labute approximate surface area is 96.6 Å². The Morgan fingerprint density at radius 2 is 2.38 bits per heavy atom. The number of hydrogen-bond donors (Lipinski definition) is 2. The summed E-state index contributed by atoms with van der Waals surface area (Å²) in [4.78, 5) is 13.1. The summed E-state index contributed by atoms with van der Waals surface area (Å²) in [5.74, 6) is -0.743. The van der Waals surface area contributed by atoms with E-state index >= 15 is 0 Å². The number of ether oxygens (including phenoxy) is 1. The number of nitrogens with zero attached hydrogens (tertiary/aromatic N) is 1. The Kier molecular flexibility index (Phi) is 5.18. The molecule has 1 saturated heterocycles. The largest absolute Gasteiger partial charge is 0.480 e. The predicted octanol–water partition coefficient (Wildman–Crippen LogP) is 0.288. The first-order valence-electron chi connectivity index (χ1n) is 5.90. The first-order valence-corrected chi connectivity index (χ1v) is 5.90. The molecule has 1 aliphatic heterocycles. The minimum Gasteiger partial charge on any atom is -0.480 e. The van der Waals surface area contributed by atoms with Gasteiger partial charge in [0.1, 0.15) is 6.04 Å². The van der Waals surface area contributed by atoms with Crippen LogP contribution in [0.2, 0.25) is 0 Å². The number of hydrogen-bond acceptors (Lipinski definition) is 4. The summed E-state index contributed by atoms with van der Waals surface area (Å²) < 4.78 is 5.52. The third-order valence-electron chi connectivity index (χ3n) is 3.00. The van der Waals surface area contributed by atoms with Crippen molar-refractivity contribution in [2.75, 3.05) is 19.7 Å². The molecule has 0 aromatic rings. The maximum atomic E-state index is 11.2. The molecular formula is C11H22N2O3. The van der Waals surface area contributed by atoms with Crippen molar-refractivity contribution in [2.24, 2.45) is 5.73 Å². The van der Waals surface area contributed by atoms with Gasteiger partial charge < -0.3 is 15.6 Å². The zero-order valence-corrected chi connectivity index (χ0v) is 10.1. The van der Waals surface area contributed by atoms with Gasteiger partial charge in [-0.1, -0.05) is 13.3 Å². The standard InChI is InChI=1S/C11H22N2O3/c1-3-4-9(11(14)15)13-5-6-16-10(7-13)8(2)12/h8-10H,3-7,12H2,1-2H3,(H,14,15). The lowest BCUT2D eigenvalue weighted by Gasteiger charge is -2.37. The Bertz CT molecular complexity index is 233. The number of rotatable bonds is 5. The molecule has 0 bridgehead atoms. The molecule has 5 heteroatoms. The quantitative estimate of drug-likeness (QED) is 0.710. The van der Waals surface area contributed by atoms with Gasteiger partial charge in [0, 0.05) is 19.1 Å². The molecule has 3 N–H and O–H groups in total. The molecule has 1 fully saturated rings. The number of morpholine rings is 1. The zero-order chi connectivity index (χ0) is 12.1. The Morgan fingerprint density at radius 1 is 1.69 bits per heavy atom. The molecule has 1 heterocycles. The lowest BCUT2D eigenvalue weighted by Crippen LogP contribution is -2.54. The molecule has 0 amide bonds. The number of aliphatic carboxylic acids is 1. The van der Waals surface area contributed by atoms with Crippen LogP contribution in [0.4, 0.5) is 0 Å². The van der Waals surface area contributed by atoms with Crippen LogP contribution in [0.15, 0.2) is 0 Å². The normalized spacial score (nSPS) is 26.3. The Balaban J connectivity index is 2.59. The molecule has 5 nitrogen and oxygen atoms in total. The number of carboxylic acid groups (broad SMARTS) is 1. The number of carboxylic acids is 1. The molecule has 94 valence electrons. The molecule has 0 aromatic carbocycles. The van der Waals surface area contributed by atoms with Crippen molar-refractivity contribution in [3.8, 4) is 0 Å². The fraction of sp³-hybridized carbons (Fsp3) is 0.909. The third-order valence-corrected chi connectivity index (χ3v) is 3.00. The number of nitrogens with two attached hydrogens (primary N) is 1. The molecule has 0 aliphatic carbocycles.